The van der Waals surface area contributed by atoms with Gasteiger partial charge in [-0.3, -0.25) is 0 Å². The first-order chi connectivity index (χ1) is 24.0. The van der Waals surface area contributed by atoms with Gasteiger partial charge in [-0.05, 0) is 88.1 Å². The highest BCUT2D eigenvalue weighted by Crippen LogP contribution is 2.33. The second-order valence-electron chi connectivity index (χ2n) is 11.3. The molecular weight excluding hydrogens is 699 g/mol. The minimum atomic E-state index is -4.77. The first kappa shape index (κ1) is 38.4. The lowest BCUT2D eigenvalue weighted by molar-refractivity contribution is -0.137. The number of amides is 3. The molecule has 4 aromatic rings. The first-order valence-electron chi connectivity index (χ1n) is 15.3. The van der Waals surface area contributed by atoms with Crippen LogP contribution in [0.1, 0.15) is 18.9 Å². The van der Waals surface area contributed by atoms with Crippen LogP contribution in [0, 0.1) is 11.6 Å². The number of alkyl halides is 3. The van der Waals surface area contributed by atoms with Crippen LogP contribution in [-0.2, 0) is 20.6 Å². The Labute approximate surface area is 291 Å². The van der Waals surface area contributed by atoms with Crippen molar-refractivity contribution in [2.24, 2.45) is 4.36 Å². The Hall–Kier alpha value is -5.36. The third-order valence-corrected chi connectivity index (χ3v) is 8.60. The molecule has 0 aliphatic carbocycles. The van der Waals surface area contributed by atoms with Crippen molar-refractivity contribution in [1.29, 1.82) is 0 Å². The van der Waals surface area contributed by atoms with Gasteiger partial charge in [0, 0.05) is 35.1 Å². The SMILES string of the molecule is CCOC(=O)N=S(C)(=O)c1cccc(Nc2ncc(-c3ccc(NC(=O)Nc4cc(C(F)(F)F)ccc4F)c(F)c3)c(NCCCN(C)C)n2)c1. The van der Waals surface area contributed by atoms with Crippen LogP contribution in [0.2, 0.25) is 0 Å². The highest BCUT2D eigenvalue weighted by Gasteiger charge is 2.31. The Morgan fingerprint density at radius 2 is 1.73 bits per heavy atom. The second kappa shape index (κ2) is 16.6. The van der Waals surface area contributed by atoms with Crippen molar-refractivity contribution in [2.75, 3.05) is 61.3 Å². The van der Waals surface area contributed by atoms with Gasteiger partial charge in [0.05, 0.1) is 33.3 Å². The molecule has 3 amide bonds. The summed E-state index contributed by atoms with van der Waals surface area (Å²) in [5.74, 6) is -1.55. The van der Waals surface area contributed by atoms with Crippen LogP contribution in [-0.4, -0.2) is 71.2 Å². The molecule has 4 N–H and O–H groups in total. The summed E-state index contributed by atoms with van der Waals surface area (Å²) in [5, 5.41) is 10.4. The molecule has 1 aromatic heterocycles. The minimum Gasteiger partial charge on any atom is -0.448 e. The number of urea groups is 1. The molecule has 0 aliphatic rings. The van der Waals surface area contributed by atoms with Gasteiger partial charge in [-0.1, -0.05) is 12.1 Å². The Kier molecular flexibility index (Phi) is 12.5. The number of hydrogen-bond acceptors (Lipinski definition) is 9. The quantitative estimate of drug-likeness (QED) is 0.0845. The smallest absolute Gasteiger partial charge is 0.442 e. The number of nitrogens with zero attached hydrogens (tertiary/aromatic N) is 4. The van der Waals surface area contributed by atoms with Gasteiger partial charge in [0.15, 0.2) is 0 Å². The van der Waals surface area contributed by atoms with E-state index in [9.17, 15) is 31.4 Å². The number of aromatic nitrogens is 2. The Morgan fingerprint density at radius 3 is 2.41 bits per heavy atom. The lowest BCUT2D eigenvalue weighted by atomic mass is 10.1. The molecule has 0 fully saturated rings. The van der Waals surface area contributed by atoms with E-state index in [2.05, 4.69) is 30.3 Å². The number of nitrogens with one attached hydrogen (secondary N) is 4. The average Bonchev–Trinajstić information content (AvgIpc) is 3.04. The van der Waals surface area contributed by atoms with E-state index >= 15 is 4.39 Å². The summed E-state index contributed by atoms with van der Waals surface area (Å²) in [6.45, 7) is 2.94. The largest absolute Gasteiger partial charge is 0.448 e. The summed E-state index contributed by atoms with van der Waals surface area (Å²) in [4.78, 5) is 35.5. The predicted octanol–water partition coefficient (Wildman–Crippen LogP) is 7.81. The van der Waals surface area contributed by atoms with Crippen molar-refractivity contribution in [3.63, 3.8) is 0 Å². The topological polar surface area (TPSA) is 150 Å². The maximum Gasteiger partial charge on any atom is 0.442 e. The molecule has 51 heavy (non-hydrogen) atoms. The van der Waals surface area contributed by atoms with Gasteiger partial charge in [0.25, 0.3) is 0 Å². The number of rotatable bonds is 12. The number of anilines is 5. The third-order valence-electron chi connectivity index (χ3n) is 6.98. The molecule has 3 aromatic carbocycles. The fourth-order valence-electron chi connectivity index (χ4n) is 4.53. The molecule has 1 atom stereocenters. The zero-order valence-corrected chi connectivity index (χ0v) is 28.7. The van der Waals surface area contributed by atoms with Gasteiger partial charge in [-0.25, -0.2) is 27.6 Å². The van der Waals surface area contributed by atoms with E-state index in [0.29, 0.717) is 47.4 Å². The van der Waals surface area contributed by atoms with Crippen LogP contribution >= 0.6 is 0 Å². The van der Waals surface area contributed by atoms with Crippen LogP contribution in [0.4, 0.5) is 60.4 Å². The number of hydrogen-bond donors (Lipinski definition) is 4. The maximum absolute atomic E-state index is 15.3. The molecule has 1 heterocycles. The van der Waals surface area contributed by atoms with Crippen molar-refractivity contribution in [3.05, 3.63) is 84.1 Å². The molecular formula is C33H35F5N8O4S. The van der Waals surface area contributed by atoms with Gasteiger partial charge < -0.3 is 30.9 Å². The summed E-state index contributed by atoms with van der Waals surface area (Å²) in [5.41, 5.74) is -1.09. The first-order valence-corrected chi connectivity index (χ1v) is 17.2. The van der Waals surface area contributed by atoms with Crippen LogP contribution in [0.5, 0.6) is 0 Å². The number of halogens is 5. The van der Waals surface area contributed by atoms with Crippen LogP contribution in [0.15, 0.2) is 76.1 Å². The molecule has 0 saturated carbocycles. The third kappa shape index (κ3) is 10.8. The van der Waals surface area contributed by atoms with Gasteiger partial charge in [-0.15, -0.1) is 4.36 Å². The van der Waals surface area contributed by atoms with Gasteiger partial charge >= 0.3 is 18.3 Å². The molecule has 0 radical (unpaired) electrons. The zero-order chi connectivity index (χ0) is 37.3. The van der Waals surface area contributed by atoms with Crippen molar-refractivity contribution >= 4 is 50.7 Å². The van der Waals surface area contributed by atoms with Gasteiger partial charge in [-0.2, -0.15) is 18.2 Å². The highest BCUT2D eigenvalue weighted by molar-refractivity contribution is 7.93. The van der Waals surface area contributed by atoms with E-state index in [1.165, 1.54) is 30.7 Å². The van der Waals surface area contributed by atoms with Crippen molar-refractivity contribution < 1.29 is 40.5 Å². The summed E-state index contributed by atoms with van der Waals surface area (Å²) in [6, 6.07) is 10.5. The molecule has 18 heteroatoms. The number of benzene rings is 3. The minimum absolute atomic E-state index is 0.0812. The van der Waals surface area contributed by atoms with Gasteiger partial charge in [0.1, 0.15) is 17.5 Å². The van der Waals surface area contributed by atoms with E-state index < -0.39 is 50.9 Å². The van der Waals surface area contributed by atoms with Crippen LogP contribution < -0.4 is 21.3 Å². The average molecular weight is 735 g/mol. The van der Waals surface area contributed by atoms with Crippen molar-refractivity contribution in [3.8, 4) is 11.1 Å². The van der Waals surface area contributed by atoms with E-state index in [-0.39, 0.29) is 23.1 Å². The van der Waals surface area contributed by atoms with E-state index in [4.69, 9.17) is 4.74 Å². The van der Waals surface area contributed by atoms with Gasteiger partial charge in [0.2, 0.25) is 5.95 Å². The fourth-order valence-corrected chi connectivity index (χ4v) is 5.65. The fraction of sp³-hybridized carbons (Fsp3) is 0.273. The van der Waals surface area contributed by atoms with Crippen molar-refractivity contribution in [2.45, 2.75) is 24.4 Å². The lowest BCUT2D eigenvalue weighted by Gasteiger charge is -2.16. The standard InChI is InChI=1S/C33H35F5N8O4S/c1-5-50-32(48)45-51(4,49)23-9-6-8-22(18-23)41-30-40-19-24(29(44-30)39-14-7-15-46(2)3)20-10-13-27(26(35)16-20)42-31(47)43-28-17-21(33(36,37)38)11-12-25(28)34/h6,8-13,16-19H,5,7,14-15H2,1-4H3,(H2,42,43,47)(H2,39,40,41,44). The van der Waals surface area contributed by atoms with E-state index in [1.54, 1.807) is 25.1 Å². The molecule has 1 unspecified atom stereocenters. The molecule has 0 aliphatic heterocycles. The summed E-state index contributed by atoms with van der Waals surface area (Å²) < 4.78 is 90.1. The molecule has 0 spiro atoms. The van der Waals surface area contributed by atoms with E-state index in [0.717, 1.165) is 19.0 Å². The normalized spacial score (nSPS) is 12.5. The molecule has 0 bridgehead atoms. The molecule has 272 valence electrons. The Morgan fingerprint density at radius 1 is 0.980 bits per heavy atom. The number of carbonyl (C=O) groups is 2. The highest BCUT2D eigenvalue weighted by atomic mass is 32.2. The molecule has 12 nitrogen and oxygen atoms in total. The number of ether oxygens (including phenoxy) is 1. The zero-order valence-electron chi connectivity index (χ0n) is 27.9. The van der Waals surface area contributed by atoms with Crippen molar-refractivity contribution in [1.82, 2.24) is 14.9 Å². The Bertz CT molecular complexity index is 2020. The lowest BCUT2D eigenvalue weighted by Crippen LogP contribution is -2.21. The monoisotopic (exact) mass is 734 g/mol. The Balaban J connectivity index is 1.57. The van der Waals surface area contributed by atoms with Crippen LogP contribution in [0.25, 0.3) is 11.1 Å². The number of carbonyl (C=O) groups excluding carboxylic acids is 2. The maximum atomic E-state index is 15.3. The molecule has 0 saturated heterocycles. The predicted molar refractivity (Wildman–Crippen MR) is 185 cm³/mol. The summed E-state index contributed by atoms with van der Waals surface area (Å²) in [7, 11) is 0.723. The summed E-state index contributed by atoms with van der Waals surface area (Å²) in [6.07, 6.45) is -2.23. The second-order valence-corrected chi connectivity index (χ2v) is 13.5. The summed E-state index contributed by atoms with van der Waals surface area (Å²) >= 11 is 0. The van der Waals surface area contributed by atoms with Crippen LogP contribution in [0.3, 0.4) is 0 Å². The van der Waals surface area contributed by atoms with E-state index in [1.807, 2.05) is 24.3 Å². The molecule has 4 rings (SSSR count).